The second-order valence-corrected chi connectivity index (χ2v) is 42.5. The Labute approximate surface area is 850 Å². The highest BCUT2D eigenvalue weighted by Crippen LogP contribution is 2.38. The lowest BCUT2D eigenvalue weighted by Gasteiger charge is -2.31. The summed E-state index contributed by atoms with van der Waals surface area (Å²) in [6, 6.07) is 12.8. The van der Waals surface area contributed by atoms with Crippen molar-refractivity contribution in [3.8, 4) is 0 Å². The maximum absolute atomic E-state index is 12.5. The molecule has 6 aromatic heterocycles. The summed E-state index contributed by atoms with van der Waals surface area (Å²) in [4.78, 5) is 112. The molecule has 139 heavy (non-hydrogen) atoms. The standard InChI is InChI=1S/C17H29N3O3S.5C16H27N3O3S/c1-11(2)20(12(3)4)14-7-8-19(17(21)18-14)15-10-24-16(23-15)9-22-13(5)6;1-6-21-9-15-22-14(10-23-15)18-8-7-13(17-16(18)20)19(11(2)3)12(4)5;1-6-18(11(2)3)13-7-8-19(16(20)17-13)14-10-23-15(22-14)9-21-12(4)5;1-4-8-18(9-5-2)13-7-10-19(16(20)17-13)14-12-23-15(22-14)11-21-6-3;1-4-7-10-21-11-15-22-14(12-23-15)19-9-8-13(17-16(19)20)18(5-2)6-3;1-4-7-9-18(5-2)13-8-10-19(16(20)17-13)14-12-23-15(22-14)11-21-6-3/h7-8,11-13,15-16H,9-10H2,1-6H3;2*7-8,11-12,14-15H,6,9-10H2,1-5H3;7,10,14-15H,4-6,8-9,11-12H2,1-3H3;8-9,14-15H,4-7,10-12H2,1-3H3;8,10,14-15H,4-7,9,11-12H2,1-3H3/t15-,16+;5*14-,15+/m111111/s1. The Morgan fingerprint density at radius 1 is 0.302 bits per heavy atom. The van der Waals surface area contributed by atoms with Gasteiger partial charge in [-0.1, -0.05) is 40.5 Å². The molecule has 36 nitrogen and oxygen atoms in total. The molecule has 6 saturated heterocycles. The van der Waals surface area contributed by atoms with Crippen molar-refractivity contribution in [2.75, 3.05) is 176 Å². The predicted molar refractivity (Wildman–Crippen MR) is 569 cm³/mol. The van der Waals surface area contributed by atoms with Gasteiger partial charge < -0.3 is 86.2 Å². The van der Waals surface area contributed by atoms with Crippen LogP contribution in [-0.2, 0) is 56.8 Å². The summed E-state index contributed by atoms with van der Waals surface area (Å²) >= 11 is 10.0. The van der Waals surface area contributed by atoms with Gasteiger partial charge in [-0.05, 0) is 207 Å². The summed E-state index contributed by atoms with van der Waals surface area (Å²) in [6.07, 6.45) is 16.0. The molecule has 6 aliphatic rings. The number of unbranched alkanes of at least 4 members (excludes halogenated alkanes) is 2. The van der Waals surface area contributed by atoms with E-state index in [1.54, 1.807) is 135 Å². The zero-order valence-electron chi connectivity index (χ0n) is 87.3. The molecule has 0 radical (unpaired) electrons. The Morgan fingerprint density at radius 2 is 0.561 bits per heavy atom. The van der Waals surface area contributed by atoms with Crippen molar-refractivity contribution < 1.29 is 56.8 Å². The van der Waals surface area contributed by atoms with Crippen LogP contribution in [0.25, 0.3) is 0 Å². The first-order valence-corrected chi connectivity index (χ1v) is 56.3. The SMILES string of the molecule is CC(C)OC[C@H]1O[C@@H](n2ccc(N(C(C)C)C(C)C)nc2=O)CS1.CCCCN(CC)c1ccn([C@H]2CS[C@@H](COCC)O2)c(=O)n1.CCCCOC[C@H]1O[C@@H](n2ccc(N(CC)CC)nc2=O)CS1.CCCN(CCC)c1ccn([C@H]2CS[C@@H](COCC)O2)c(=O)n1.CCN(c1ccn([C@H]2CS[C@@H](COC(C)C)O2)c(=O)n1)C(C)C.CCOC[C@H]1O[C@@H](n2ccc(N(C(C)C)C(C)C)nc2=O)CS1. The van der Waals surface area contributed by atoms with Crippen LogP contribution in [-0.4, -0.2) is 279 Å². The smallest absolute Gasteiger partial charge is 0.351 e. The van der Waals surface area contributed by atoms with Gasteiger partial charge >= 0.3 is 34.1 Å². The fourth-order valence-electron chi connectivity index (χ4n) is 15.6. The summed E-state index contributed by atoms with van der Waals surface area (Å²) in [6.45, 7) is 63.8. The molecule has 786 valence electrons. The fourth-order valence-corrected chi connectivity index (χ4v) is 21.7. The number of rotatable bonds is 48. The van der Waals surface area contributed by atoms with Gasteiger partial charge in [-0.3, -0.25) is 27.4 Å². The molecule has 12 heterocycles. The second kappa shape index (κ2) is 63.9. The van der Waals surface area contributed by atoms with Gasteiger partial charge in [-0.2, -0.15) is 29.9 Å². The molecule has 0 N–H and O–H groups in total. The summed E-state index contributed by atoms with van der Waals surface area (Å²) in [5.41, 5.74) is -1.67. The quantitative estimate of drug-likeness (QED) is 0.0320. The first kappa shape index (κ1) is 120. The summed E-state index contributed by atoms with van der Waals surface area (Å²) in [5, 5.41) is 0. The van der Waals surface area contributed by atoms with E-state index in [9.17, 15) is 28.8 Å². The molecule has 0 spiro atoms. The number of ether oxygens (including phenoxy) is 12. The van der Waals surface area contributed by atoms with E-state index in [-0.39, 0.29) is 140 Å². The van der Waals surface area contributed by atoms with Gasteiger partial charge in [-0.15, -0.1) is 70.6 Å². The van der Waals surface area contributed by atoms with Crippen LogP contribution < -0.4 is 63.5 Å². The Balaban J connectivity index is 0.000000227. The third kappa shape index (κ3) is 38.6. The number of nitrogens with zero attached hydrogens (tertiary/aromatic N) is 18. The third-order valence-electron chi connectivity index (χ3n) is 22.5. The maximum Gasteiger partial charge on any atom is 0.351 e. The molecule has 0 unspecified atom stereocenters. The molecule has 0 amide bonds. The number of hydrogen-bond donors (Lipinski definition) is 0. The van der Waals surface area contributed by atoms with E-state index < -0.39 is 0 Å². The fraction of sp³-hybridized carbons (Fsp3) is 0.753. The van der Waals surface area contributed by atoms with Gasteiger partial charge in [-0.25, -0.2) is 28.8 Å². The zero-order chi connectivity index (χ0) is 102. The minimum atomic E-state index is -0.281. The third-order valence-corrected chi connectivity index (χ3v) is 29.0. The van der Waals surface area contributed by atoms with E-state index in [1.165, 1.54) is 0 Å². The molecule has 12 rings (SSSR count). The monoisotopic (exact) mass is 2060 g/mol. The highest BCUT2D eigenvalue weighted by molar-refractivity contribution is 8.01. The van der Waals surface area contributed by atoms with Crippen LogP contribution in [0.3, 0.4) is 0 Å². The summed E-state index contributed by atoms with van der Waals surface area (Å²) < 4.78 is 77.7. The van der Waals surface area contributed by atoms with Gasteiger partial charge in [0.05, 0.1) is 51.8 Å². The molecular weight excluding hydrogens is 1900 g/mol. The number of aromatic nitrogens is 12. The van der Waals surface area contributed by atoms with Crippen LogP contribution in [0, 0.1) is 0 Å². The van der Waals surface area contributed by atoms with Gasteiger partial charge in [0.1, 0.15) is 105 Å². The van der Waals surface area contributed by atoms with Crippen LogP contribution in [0.1, 0.15) is 249 Å². The van der Waals surface area contributed by atoms with Gasteiger partial charge in [0.25, 0.3) is 0 Å². The Morgan fingerprint density at radius 3 is 0.813 bits per heavy atom. The first-order valence-electron chi connectivity index (χ1n) is 50.0. The molecule has 0 aliphatic carbocycles. The molecule has 6 aliphatic heterocycles. The van der Waals surface area contributed by atoms with E-state index in [2.05, 4.69) is 184 Å². The number of thioether (sulfide) groups is 6. The maximum atomic E-state index is 12.5. The topological polar surface area (TPSA) is 340 Å². The molecule has 0 aromatic carbocycles. The van der Waals surface area contributed by atoms with Gasteiger partial charge in [0, 0.05) is 174 Å². The van der Waals surface area contributed by atoms with Crippen molar-refractivity contribution in [1.82, 2.24) is 57.3 Å². The molecular formula is C97H164N18O18S6. The Bertz CT molecular complexity index is 4820. The normalized spacial score (nSPS) is 21.1. The Hall–Kier alpha value is -6.30. The minimum absolute atomic E-state index is 0.00813. The average Bonchev–Trinajstić information content (AvgIpc) is 1.77. The van der Waals surface area contributed by atoms with Crippen LogP contribution in [0.4, 0.5) is 34.9 Å². The van der Waals surface area contributed by atoms with Gasteiger partial charge in [0.2, 0.25) is 0 Å². The van der Waals surface area contributed by atoms with Crippen molar-refractivity contribution >= 4 is 105 Å². The van der Waals surface area contributed by atoms with Crippen molar-refractivity contribution in [2.45, 2.75) is 324 Å². The highest BCUT2D eigenvalue weighted by Gasteiger charge is 2.36. The van der Waals surface area contributed by atoms with Gasteiger partial charge in [0.15, 0.2) is 0 Å². The average molecular weight is 2060 g/mol. The lowest BCUT2D eigenvalue weighted by Crippen LogP contribution is -2.39. The van der Waals surface area contributed by atoms with Crippen LogP contribution in [0.2, 0.25) is 0 Å². The molecule has 0 saturated carbocycles. The largest absolute Gasteiger partial charge is 0.378 e. The first-order chi connectivity index (χ1) is 66.7. The van der Waals surface area contributed by atoms with Crippen LogP contribution >= 0.6 is 70.6 Å². The zero-order valence-corrected chi connectivity index (χ0v) is 92.2. The molecule has 6 aromatic rings. The lowest BCUT2D eigenvalue weighted by molar-refractivity contribution is -0.0377. The summed E-state index contributed by atoms with van der Waals surface area (Å²) in [5.74, 6) is 8.79. The van der Waals surface area contributed by atoms with E-state index >= 15 is 0 Å². The lowest BCUT2D eigenvalue weighted by atomic mass is 10.2. The Kier molecular flexibility index (Phi) is 55.0. The van der Waals surface area contributed by atoms with E-state index in [0.717, 1.165) is 143 Å². The van der Waals surface area contributed by atoms with Crippen molar-refractivity contribution in [1.29, 1.82) is 0 Å². The highest BCUT2D eigenvalue weighted by atomic mass is 32.2. The molecule has 6 fully saturated rings. The van der Waals surface area contributed by atoms with Crippen molar-refractivity contribution in [3.63, 3.8) is 0 Å². The van der Waals surface area contributed by atoms with Crippen molar-refractivity contribution in [3.05, 3.63) is 136 Å². The van der Waals surface area contributed by atoms with Crippen LogP contribution in [0.5, 0.6) is 0 Å². The number of hydrogen-bond acceptors (Lipinski definition) is 36. The minimum Gasteiger partial charge on any atom is -0.378 e. The summed E-state index contributed by atoms with van der Waals surface area (Å²) in [7, 11) is 0. The van der Waals surface area contributed by atoms with Crippen LogP contribution in [0.15, 0.2) is 102 Å². The van der Waals surface area contributed by atoms with Crippen molar-refractivity contribution in [2.24, 2.45) is 0 Å². The molecule has 0 bridgehead atoms. The van der Waals surface area contributed by atoms with E-state index in [1.807, 2.05) is 84.9 Å². The van der Waals surface area contributed by atoms with E-state index in [0.29, 0.717) is 83.0 Å². The predicted octanol–water partition coefficient (Wildman–Crippen LogP) is 15.3. The van der Waals surface area contributed by atoms with E-state index in [4.69, 9.17) is 56.8 Å². The molecule has 42 heteroatoms. The second-order valence-electron chi connectivity index (χ2n) is 35.3. The molecule has 12 atom stereocenters. The number of anilines is 6.